The van der Waals surface area contributed by atoms with E-state index in [1.807, 2.05) is 0 Å². The molecule has 1 rings (SSSR count). The van der Waals surface area contributed by atoms with Crippen LogP contribution in [0, 0.1) is 12.3 Å². The minimum atomic E-state index is -0.863. The van der Waals surface area contributed by atoms with Gasteiger partial charge >= 0.3 is 5.97 Å². The number of esters is 1. The third-order valence-corrected chi connectivity index (χ3v) is 2.47. The number of terminal acetylenes is 1. The van der Waals surface area contributed by atoms with Crippen molar-refractivity contribution in [3.8, 4) is 12.3 Å². The van der Waals surface area contributed by atoms with E-state index in [-0.39, 0.29) is 6.54 Å². The fourth-order valence-corrected chi connectivity index (χ4v) is 1.39. The number of hydrogen-bond donors (Lipinski definition) is 2. The van der Waals surface area contributed by atoms with Gasteiger partial charge in [-0.15, -0.1) is 6.42 Å². The molecule has 0 saturated heterocycles. The number of benzene rings is 1. The van der Waals surface area contributed by atoms with E-state index in [4.69, 9.17) is 11.2 Å². The molecule has 2 N–H and O–H groups in total. The van der Waals surface area contributed by atoms with Crippen molar-refractivity contribution in [2.45, 2.75) is 13.0 Å². The zero-order valence-corrected chi connectivity index (χ0v) is 11.6. The molecule has 0 aromatic heterocycles. The van der Waals surface area contributed by atoms with E-state index in [9.17, 15) is 14.4 Å². The Hall–Kier alpha value is -2.81. The van der Waals surface area contributed by atoms with Gasteiger partial charge in [0.15, 0.2) is 6.61 Å². The van der Waals surface area contributed by atoms with Gasteiger partial charge in [-0.1, -0.05) is 24.1 Å². The molecule has 0 unspecified atom stereocenters. The smallest absolute Gasteiger partial charge is 0.328 e. The first kappa shape index (κ1) is 16.2. The molecule has 1 aromatic rings. The van der Waals surface area contributed by atoms with Crippen molar-refractivity contribution < 1.29 is 19.1 Å². The second-order valence-corrected chi connectivity index (χ2v) is 4.15. The van der Waals surface area contributed by atoms with Gasteiger partial charge in [-0.25, -0.2) is 4.79 Å². The molecule has 110 valence electrons. The van der Waals surface area contributed by atoms with Crippen LogP contribution >= 0.6 is 0 Å². The van der Waals surface area contributed by atoms with Crippen LogP contribution < -0.4 is 10.6 Å². The van der Waals surface area contributed by atoms with Crippen LogP contribution in [0.3, 0.4) is 0 Å². The molecule has 0 aliphatic heterocycles. The summed E-state index contributed by atoms with van der Waals surface area (Å²) in [6.45, 7) is 1.10. The molecule has 0 saturated carbocycles. The van der Waals surface area contributed by atoms with Crippen molar-refractivity contribution in [2.75, 3.05) is 13.2 Å². The Kier molecular flexibility index (Phi) is 6.48. The Balaban J connectivity index is 2.39. The molecule has 0 radical (unpaired) electrons. The Morgan fingerprint density at radius 2 is 1.95 bits per heavy atom. The van der Waals surface area contributed by atoms with Crippen LogP contribution in [0.25, 0.3) is 0 Å². The summed E-state index contributed by atoms with van der Waals surface area (Å²) in [7, 11) is 0. The Morgan fingerprint density at radius 3 is 2.57 bits per heavy atom. The van der Waals surface area contributed by atoms with Crippen LogP contribution in [0.4, 0.5) is 0 Å². The molecule has 21 heavy (non-hydrogen) atoms. The molecular weight excluding hydrogens is 272 g/mol. The van der Waals surface area contributed by atoms with Gasteiger partial charge in [-0.05, 0) is 19.1 Å². The lowest BCUT2D eigenvalue weighted by molar-refractivity contribution is -0.149. The maximum absolute atomic E-state index is 11.8. The van der Waals surface area contributed by atoms with Crippen molar-refractivity contribution in [1.82, 2.24) is 10.6 Å². The van der Waals surface area contributed by atoms with E-state index in [2.05, 4.69) is 16.6 Å². The number of nitrogens with one attached hydrogen (secondary N) is 2. The summed E-state index contributed by atoms with van der Waals surface area (Å²) in [5, 5.41) is 4.84. The average Bonchev–Trinajstić information content (AvgIpc) is 2.51. The van der Waals surface area contributed by atoms with Crippen molar-refractivity contribution in [3.63, 3.8) is 0 Å². The average molecular weight is 288 g/mol. The summed E-state index contributed by atoms with van der Waals surface area (Å²) >= 11 is 0. The molecule has 2 amide bonds. The zero-order chi connectivity index (χ0) is 15.7. The predicted molar refractivity (Wildman–Crippen MR) is 76.2 cm³/mol. The standard InChI is InChI=1S/C15H16N2O4/c1-3-9-16-13(18)10-21-15(20)11(2)17-14(19)12-7-5-4-6-8-12/h1,4-8,11H,9-10H2,2H3,(H,16,18)(H,17,19)/t11-/m0/s1. The monoisotopic (exact) mass is 288 g/mol. The first-order valence-electron chi connectivity index (χ1n) is 6.27. The number of hydrogen-bond acceptors (Lipinski definition) is 4. The van der Waals surface area contributed by atoms with Gasteiger partial charge in [0, 0.05) is 5.56 Å². The van der Waals surface area contributed by atoms with Crippen molar-refractivity contribution >= 4 is 17.8 Å². The summed E-state index contributed by atoms with van der Waals surface area (Å²) in [4.78, 5) is 34.7. The van der Waals surface area contributed by atoms with Gasteiger partial charge in [0.05, 0.1) is 6.54 Å². The van der Waals surface area contributed by atoms with E-state index in [0.717, 1.165) is 0 Å². The van der Waals surface area contributed by atoms with Crippen LogP contribution in [0.15, 0.2) is 30.3 Å². The number of rotatable bonds is 6. The first-order chi connectivity index (χ1) is 10.0. The zero-order valence-electron chi connectivity index (χ0n) is 11.6. The third-order valence-electron chi connectivity index (χ3n) is 2.47. The topological polar surface area (TPSA) is 84.5 Å². The van der Waals surface area contributed by atoms with Crippen LogP contribution in [0.5, 0.6) is 0 Å². The van der Waals surface area contributed by atoms with E-state index in [1.54, 1.807) is 30.3 Å². The highest BCUT2D eigenvalue weighted by atomic mass is 16.5. The second-order valence-electron chi connectivity index (χ2n) is 4.15. The minimum absolute atomic E-state index is 0.0662. The van der Waals surface area contributed by atoms with Crippen molar-refractivity contribution in [3.05, 3.63) is 35.9 Å². The summed E-state index contributed by atoms with van der Waals surface area (Å²) in [5.41, 5.74) is 0.434. The predicted octanol–water partition coefficient (Wildman–Crippen LogP) is 0.0975. The fourth-order valence-electron chi connectivity index (χ4n) is 1.39. The van der Waals surface area contributed by atoms with Gasteiger partial charge in [-0.3, -0.25) is 9.59 Å². The Morgan fingerprint density at radius 1 is 1.29 bits per heavy atom. The third kappa shape index (κ3) is 5.78. The quantitative estimate of drug-likeness (QED) is 0.574. The first-order valence-corrected chi connectivity index (χ1v) is 6.27. The van der Waals surface area contributed by atoms with E-state index in [0.29, 0.717) is 5.56 Å². The molecule has 6 heteroatoms. The van der Waals surface area contributed by atoms with Crippen molar-refractivity contribution in [1.29, 1.82) is 0 Å². The van der Waals surface area contributed by atoms with E-state index in [1.165, 1.54) is 6.92 Å². The highest BCUT2D eigenvalue weighted by Crippen LogP contribution is 1.99. The number of amides is 2. The molecule has 0 bridgehead atoms. The molecule has 0 spiro atoms. The Bertz CT molecular complexity index is 549. The number of ether oxygens (including phenoxy) is 1. The molecule has 6 nitrogen and oxygen atoms in total. The molecule has 0 aliphatic carbocycles. The minimum Gasteiger partial charge on any atom is -0.454 e. The molecule has 1 atom stereocenters. The van der Waals surface area contributed by atoms with Crippen LogP contribution in [0.2, 0.25) is 0 Å². The van der Waals surface area contributed by atoms with Crippen LogP contribution in [-0.4, -0.2) is 37.0 Å². The highest BCUT2D eigenvalue weighted by Gasteiger charge is 2.18. The maximum Gasteiger partial charge on any atom is 0.328 e. The molecule has 1 aromatic carbocycles. The molecule has 0 aliphatic rings. The van der Waals surface area contributed by atoms with Gasteiger partial charge in [0.25, 0.3) is 11.8 Å². The molecule has 0 heterocycles. The fraction of sp³-hybridized carbons (Fsp3) is 0.267. The summed E-state index contributed by atoms with van der Waals surface area (Å²) < 4.78 is 4.77. The van der Waals surface area contributed by atoms with Gasteiger partial charge < -0.3 is 15.4 Å². The van der Waals surface area contributed by atoms with Gasteiger partial charge in [0.1, 0.15) is 6.04 Å². The SMILES string of the molecule is C#CCNC(=O)COC(=O)[C@H](C)NC(=O)c1ccccc1. The second kappa shape index (κ2) is 8.38. The van der Waals surface area contributed by atoms with Crippen LogP contribution in [0.1, 0.15) is 17.3 Å². The normalized spacial score (nSPS) is 10.9. The van der Waals surface area contributed by atoms with Crippen molar-refractivity contribution in [2.24, 2.45) is 0 Å². The number of carbonyl (C=O) groups is 3. The van der Waals surface area contributed by atoms with Gasteiger partial charge in [-0.2, -0.15) is 0 Å². The molecule has 0 fully saturated rings. The van der Waals surface area contributed by atoms with Crippen LogP contribution in [-0.2, 0) is 14.3 Å². The largest absolute Gasteiger partial charge is 0.454 e. The van der Waals surface area contributed by atoms with Gasteiger partial charge in [0.2, 0.25) is 0 Å². The lowest BCUT2D eigenvalue weighted by Crippen LogP contribution is -2.41. The maximum atomic E-state index is 11.8. The van der Waals surface area contributed by atoms with E-state index >= 15 is 0 Å². The highest BCUT2D eigenvalue weighted by molar-refractivity contribution is 5.96. The summed E-state index contributed by atoms with van der Waals surface area (Å²) in [6, 6.07) is 7.60. The van der Waals surface area contributed by atoms with E-state index < -0.39 is 30.4 Å². The summed E-state index contributed by atoms with van der Waals surface area (Å²) in [6.07, 6.45) is 4.97. The lowest BCUT2D eigenvalue weighted by Gasteiger charge is -2.13. The lowest BCUT2D eigenvalue weighted by atomic mass is 10.2. The Labute approximate surface area is 122 Å². The number of carbonyl (C=O) groups excluding carboxylic acids is 3. The summed E-state index contributed by atoms with van der Waals surface area (Å²) in [5.74, 6) is 0.636. The molecular formula is C15H16N2O4.